The number of hydrogen-bond acceptors (Lipinski definition) is 3. The Morgan fingerprint density at radius 3 is 2.67 bits per heavy atom. The van der Waals surface area contributed by atoms with Gasteiger partial charge in [-0.15, -0.1) is 0 Å². The van der Waals surface area contributed by atoms with Gasteiger partial charge in [0.1, 0.15) is 12.2 Å². The lowest BCUT2D eigenvalue weighted by molar-refractivity contribution is 0.123. The summed E-state index contributed by atoms with van der Waals surface area (Å²) in [4.78, 5) is 24.6. The number of nitrogens with zero attached hydrogens (tertiary/aromatic N) is 3. The predicted molar refractivity (Wildman–Crippen MR) is 60.6 cm³/mol. The van der Waals surface area contributed by atoms with Gasteiger partial charge in [0.15, 0.2) is 0 Å². The Bertz CT molecular complexity index is 380. The molecule has 0 aliphatic carbocycles. The van der Waals surface area contributed by atoms with E-state index in [1.807, 2.05) is 6.07 Å². The van der Waals surface area contributed by atoms with Crippen LogP contribution in [0.15, 0.2) is 0 Å². The van der Waals surface area contributed by atoms with Crippen LogP contribution in [-0.4, -0.2) is 52.3 Å². The van der Waals surface area contributed by atoms with Crippen molar-refractivity contribution in [3.05, 3.63) is 0 Å². The number of imide groups is 1. The van der Waals surface area contributed by atoms with Crippen molar-refractivity contribution in [1.82, 2.24) is 9.80 Å². The minimum absolute atomic E-state index is 0.0275. The number of amides is 3. The van der Waals surface area contributed by atoms with E-state index in [0.29, 0.717) is 4.90 Å². The van der Waals surface area contributed by atoms with Gasteiger partial charge in [0.2, 0.25) is 0 Å². The minimum atomic E-state index is -1.38. The zero-order valence-electron chi connectivity index (χ0n) is 10.3. The third kappa shape index (κ3) is 3.09. The molecule has 0 saturated carbocycles. The number of rotatable bonds is 2. The minimum Gasteiger partial charge on any atom is -0.465 e. The summed E-state index contributed by atoms with van der Waals surface area (Å²) in [7, 11) is 0. The fourth-order valence-electron chi connectivity index (χ4n) is 1.88. The van der Waals surface area contributed by atoms with Crippen LogP contribution in [0.2, 0.25) is 0 Å². The lowest BCUT2D eigenvalue weighted by Crippen LogP contribution is -2.48. The number of urea groups is 1. The SMILES string of the molecule is CC(C)CN(C(=O)O)C(=O)N1C[C@@H](F)C[C@H]1C#N. The van der Waals surface area contributed by atoms with E-state index in [1.165, 1.54) is 0 Å². The maximum Gasteiger partial charge on any atom is 0.415 e. The molecule has 1 N–H and O–H groups in total. The molecule has 0 unspecified atom stereocenters. The molecule has 0 aromatic rings. The van der Waals surface area contributed by atoms with Gasteiger partial charge in [-0.2, -0.15) is 5.26 Å². The number of carboxylic acid groups (broad SMARTS) is 1. The number of hydrogen-bond donors (Lipinski definition) is 1. The Labute approximate surface area is 105 Å². The summed E-state index contributed by atoms with van der Waals surface area (Å²) in [5.74, 6) is -0.0330. The van der Waals surface area contributed by atoms with Gasteiger partial charge in [-0.25, -0.2) is 18.9 Å². The van der Waals surface area contributed by atoms with Gasteiger partial charge in [-0.1, -0.05) is 13.8 Å². The molecular weight excluding hydrogens is 241 g/mol. The molecular formula is C11H16FN3O3. The second-order valence-corrected chi connectivity index (χ2v) is 4.70. The molecule has 1 aliphatic heterocycles. The van der Waals surface area contributed by atoms with Crippen molar-refractivity contribution >= 4 is 12.1 Å². The van der Waals surface area contributed by atoms with E-state index in [0.717, 1.165) is 4.90 Å². The Balaban J connectivity index is 2.83. The summed E-state index contributed by atoms with van der Waals surface area (Å²) < 4.78 is 13.2. The molecule has 0 bridgehead atoms. The van der Waals surface area contributed by atoms with Gasteiger partial charge in [0.05, 0.1) is 12.6 Å². The molecule has 2 atom stereocenters. The Kier molecular flexibility index (Phi) is 4.48. The molecule has 1 rings (SSSR count). The Morgan fingerprint density at radius 1 is 1.61 bits per heavy atom. The van der Waals surface area contributed by atoms with Crippen molar-refractivity contribution in [1.29, 1.82) is 5.26 Å². The largest absolute Gasteiger partial charge is 0.465 e. The van der Waals surface area contributed by atoms with Crippen LogP contribution in [0.5, 0.6) is 0 Å². The Morgan fingerprint density at radius 2 is 2.22 bits per heavy atom. The average molecular weight is 257 g/mol. The molecule has 100 valence electrons. The first kappa shape index (κ1) is 14.2. The van der Waals surface area contributed by atoms with E-state index in [2.05, 4.69) is 0 Å². The first-order valence-electron chi connectivity index (χ1n) is 5.71. The molecule has 0 aromatic heterocycles. The van der Waals surface area contributed by atoms with Crippen LogP contribution in [0.4, 0.5) is 14.0 Å². The highest BCUT2D eigenvalue weighted by atomic mass is 19.1. The molecule has 6 nitrogen and oxygen atoms in total. The highest BCUT2D eigenvalue weighted by Gasteiger charge is 2.39. The molecule has 1 heterocycles. The third-order valence-corrected chi connectivity index (χ3v) is 2.65. The van der Waals surface area contributed by atoms with E-state index >= 15 is 0 Å². The predicted octanol–water partition coefficient (Wildman–Crippen LogP) is 1.68. The summed E-state index contributed by atoms with van der Waals surface area (Å²) in [5.41, 5.74) is 0. The van der Waals surface area contributed by atoms with Crippen LogP contribution in [0, 0.1) is 17.2 Å². The first-order valence-corrected chi connectivity index (χ1v) is 5.71. The van der Waals surface area contributed by atoms with E-state index in [1.54, 1.807) is 13.8 Å². The van der Waals surface area contributed by atoms with E-state index < -0.39 is 24.3 Å². The van der Waals surface area contributed by atoms with Crippen molar-refractivity contribution in [2.24, 2.45) is 5.92 Å². The smallest absolute Gasteiger partial charge is 0.415 e. The van der Waals surface area contributed by atoms with E-state index in [9.17, 15) is 14.0 Å². The van der Waals surface area contributed by atoms with Gasteiger partial charge in [0, 0.05) is 13.0 Å². The standard InChI is InChI=1S/C11H16FN3O3/c1-7(2)5-15(11(17)18)10(16)14-6-8(12)3-9(14)4-13/h7-9H,3,5-6H2,1-2H3,(H,17,18)/t8-,9-/m0/s1. The lowest BCUT2D eigenvalue weighted by atomic mass is 10.2. The highest BCUT2D eigenvalue weighted by Crippen LogP contribution is 2.21. The second kappa shape index (κ2) is 5.67. The summed E-state index contributed by atoms with van der Waals surface area (Å²) in [6.45, 7) is 3.35. The van der Waals surface area contributed by atoms with Crippen molar-refractivity contribution in [3.8, 4) is 6.07 Å². The summed E-state index contributed by atoms with van der Waals surface area (Å²) in [6.07, 6.45) is -2.71. The first-order chi connectivity index (χ1) is 8.36. The number of alkyl halides is 1. The van der Waals surface area contributed by atoms with Gasteiger partial charge >= 0.3 is 12.1 Å². The molecule has 1 fully saturated rings. The number of nitriles is 1. The van der Waals surface area contributed by atoms with Crippen molar-refractivity contribution in [3.63, 3.8) is 0 Å². The van der Waals surface area contributed by atoms with Gasteiger partial charge in [-0.3, -0.25) is 0 Å². The molecule has 0 spiro atoms. The molecule has 7 heteroatoms. The van der Waals surface area contributed by atoms with Crippen LogP contribution in [-0.2, 0) is 0 Å². The van der Waals surface area contributed by atoms with Crippen LogP contribution in [0.1, 0.15) is 20.3 Å². The molecule has 1 aliphatic rings. The quantitative estimate of drug-likeness (QED) is 0.815. The zero-order chi connectivity index (χ0) is 13.9. The van der Waals surface area contributed by atoms with Gasteiger partial charge in [-0.05, 0) is 5.92 Å². The molecule has 3 amide bonds. The fourth-order valence-corrected chi connectivity index (χ4v) is 1.88. The number of likely N-dealkylation sites (tertiary alicyclic amines) is 1. The van der Waals surface area contributed by atoms with Crippen molar-refractivity contribution < 1.29 is 19.1 Å². The van der Waals surface area contributed by atoms with Crippen molar-refractivity contribution in [2.75, 3.05) is 13.1 Å². The molecule has 0 radical (unpaired) electrons. The van der Waals surface area contributed by atoms with Crippen LogP contribution >= 0.6 is 0 Å². The lowest BCUT2D eigenvalue weighted by Gasteiger charge is -2.27. The second-order valence-electron chi connectivity index (χ2n) is 4.70. The van der Waals surface area contributed by atoms with Crippen LogP contribution in [0.3, 0.4) is 0 Å². The summed E-state index contributed by atoms with van der Waals surface area (Å²) >= 11 is 0. The molecule has 0 aromatic carbocycles. The summed E-state index contributed by atoms with van der Waals surface area (Å²) in [5, 5.41) is 17.8. The Hall–Kier alpha value is -1.84. The van der Waals surface area contributed by atoms with Gasteiger partial charge in [0.25, 0.3) is 0 Å². The maximum absolute atomic E-state index is 13.2. The number of carbonyl (C=O) groups is 2. The third-order valence-electron chi connectivity index (χ3n) is 2.65. The summed E-state index contributed by atoms with van der Waals surface area (Å²) in [6, 6.07) is 0.114. The monoisotopic (exact) mass is 257 g/mol. The fraction of sp³-hybridized carbons (Fsp3) is 0.727. The van der Waals surface area contributed by atoms with Crippen molar-refractivity contribution in [2.45, 2.75) is 32.5 Å². The topological polar surface area (TPSA) is 84.6 Å². The number of carbonyl (C=O) groups excluding carboxylic acids is 1. The zero-order valence-corrected chi connectivity index (χ0v) is 10.3. The highest BCUT2D eigenvalue weighted by molar-refractivity contribution is 5.90. The number of halogens is 1. The normalized spacial score (nSPS) is 22.9. The van der Waals surface area contributed by atoms with Gasteiger partial charge < -0.3 is 10.0 Å². The van der Waals surface area contributed by atoms with E-state index in [4.69, 9.17) is 10.4 Å². The maximum atomic E-state index is 13.2. The van der Waals surface area contributed by atoms with E-state index in [-0.39, 0.29) is 25.4 Å². The molecule has 1 saturated heterocycles. The average Bonchev–Trinajstić information content (AvgIpc) is 2.65. The van der Waals surface area contributed by atoms with Crippen LogP contribution in [0.25, 0.3) is 0 Å². The molecule has 18 heavy (non-hydrogen) atoms. The van der Waals surface area contributed by atoms with Crippen LogP contribution < -0.4 is 0 Å².